The Kier molecular flexibility index (Phi) is 6.60. The second kappa shape index (κ2) is 11.8. The summed E-state index contributed by atoms with van der Waals surface area (Å²) in [5, 5.41) is 7.72. The van der Waals surface area contributed by atoms with E-state index in [1.807, 2.05) is 11.8 Å². The Morgan fingerprint density at radius 3 is 1.84 bits per heavy atom. The van der Waals surface area contributed by atoms with Gasteiger partial charge < -0.3 is 9.13 Å². The third kappa shape index (κ3) is 4.51. The maximum Gasteiger partial charge on any atom is 0.0558 e. The summed E-state index contributed by atoms with van der Waals surface area (Å²) < 4.78 is 4.90. The maximum absolute atomic E-state index is 2.49. The van der Waals surface area contributed by atoms with Crippen molar-refractivity contribution in [1.29, 1.82) is 0 Å². The van der Waals surface area contributed by atoms with E-state index in [-0.39, 0.29) is 0 Å². The Bertz CT molecular complexity index is 3330. The molecule has 0 saturated carbocycles. The Morgan fingerprint density at radius 2 is 0.927 bits per heavy atom. The number of hydrogen-bond donors (Lipinski definition) is 0. The van der Waals surface area contributed by atoms with E-state index in [2.05, 4.69) is 203 Å². The zero-order valence-corrected chi connectivity index (χ0v) is 30.6. The Balaban J connectivity index is 1.18. The maximum atomic E-state index is 2.49. The number of rotatable bonds is 4. The van der Waals surface area contributed by atoms with Crippen LogP contribution in [0, 0.1) is 0 Å². The third-order valence-electron chi connectivity index (χ3n) is 11.5. The van der Waals surface area contributed by atoms with E-state index in [0.29, 0.717) is 0 Å². The van der Waals surface area contributed by atoms with Crippen molar-refractivity contribution >= 4 is 66.1 Å². The van der Waals surface area contributed by atoms with E-state index >= 15 is 0 Å². The van der Waals surface area contributed by atoms with Crippen LogP contribution >= 0.6 is 11.8 Å². The topological polar surface area (TPSA) is 9.86 Å². The quantitative estimate of drug-likeness (QED) is 0.176. The van der Waals surface area contributed by atoms with Crippen molar-refractivity contribution < 1.29 is 0 Å². The van der Waals surface area contributed by atoms with Gasteiger partial charge >= 0.3 is 0 Å². The van der Waals surface area contributed by atoms with Gasteiger partial charge in [0.05, 0.1) is 22.1 Å². The van der Waals surface area contributed by atoms with Crippen molar-refractivity contribution in [3.05, 3.63) is 194 Å². The monoisotopic (exact) mass is 716 g/mol. The van der Waals surface area contributed by atoms with Crippen LogP contribution < -0.4 is 0 Å². The minimum atomic E-state index is 1.16. The van der Waals surface area contributed by atoms with Crippen molar-refractivity contribution in [3.63, 3.8) is 0 Å². The molecule has 2 aromatic heterocycles. The van der Waals surface area contributed by atoms with Gasteiger partial charge in [0.15, 0.2) is 0 Å². The molecule has 0 amide bonds. The Morgan fingerprint density at radius 1 is 0.291 bits per heavy atom. The summed E-state index contributed by atoms with van der Waals surface area (Å²) in [5.74, 6) is 0. The van der Waals surface area contributed by atoms with Crippen LogP contribution in [0.5, 0.6) is 0 Å². The molecule has 55 heavy (non-hydrogen) atoms. The number of para-hydroxylation sites is 2. The average molecular weight is 717 g/mol. The van der Waals surface area contributed by atoms with Crippen LogP contribution in [0.3, 0.4) is 0 Å². The van der Waals surface area contributed by atoms with E-state index in [1.165, 1.54) is 103 Å². The van der Waals surface area contributed by atoms with Crippen molar-refractivity contribution in [2.75, 3.05) is 0 Å². The lowest BCUT2D eigenvalue weighted by Gasteiger charge is -2.21. The first-order valence-electron chi connectivity index (χ1n) is 18.9. The molecule has 12 rings (SSSR count). The van der Waals surface area contributed by atoms with Crippen LogP contribution in [-0.2, 0) is 0 Å². The van der Waals surface area contributed by atoms with Gasteiger partial charge in [-0.15, -0.1) is 0 Å². The number of hydrogen-bond acceptors (Lipinski definition) is 1. The lowest BCUT2D eigenvalue weighted by molar-refractivity contribution is 1.18. The molecule has 1 aliphatic heterocycles. The van der Waals surface area contributed by atoms with E-state index in [9.17, 15) is 0 Å². The summed E-state index contributed by atoms with van der Waals surface area (Å²) in [4.78, 5) is 2.61. The van der Waals surface area contributed by atoms with Gasteiger partial charge in [-0.1, -0.05) is 145 Å². The molecular weight excluding hydrogens is 685 g/mol. The van der Waals surface area contributed by atoms with Crippen molar-refractivity contribution in [2.24, 2.45) is 0 Å². The first kappa shape index (κ1) is 30.6. The highest BCUT2D eigenvalue weighted by molar-refractivity contribution is 7.99. The molecule has 1 aliphatic rings. The highest BCUT2D eigenvalue weighted by atomic mass is 32.2. The summed E-state index contributed by atoms with van der Waals surface area (Å²) in [6, 6.07) is 71.4. The predicted octanol–water partition coefficient (Wildman–Crippen LogP) is 14.5. The third-order valence-corrected chi connectivity index (χ3v) is 12.6. The molecule has 3 heterocycles. The largest absolute Gasteiger partial charge is 0.309 e. The highest BCUT2D eigenvalue weighted by Crippen LogP contribution is 2.52. The molecule has 2 nitrogen and oxygen atoms in total. The minimum Gasteiger partial charge on any atom is -0.309 e. The molecule has 0 N–H and O–H groups in total. The average Bonchev–Trinajstić information content (AvgIpc) is 3.77. The van der Waals surface area contributed by atoms with Crippen LogP contribution in [-0.4, -0.2) is 9.13 Å². The molecular formula is C52H32N2S. The Hall–Kier alpha value is -6.81. The lowest BCUT2D eigenvalue weighted by Crippen LogP contribution is -1.96. The Labute approximate surface area is 322 Å². The SMILES string of the molecule is c1ccc(-c2cccc(-n3c4ccc(-c5cccc6c5c5ccccc5n6-c5ccccc5)cc4c4c5cccc6c5c(cc43)Sc3ccccc3-6)c2)cc1. The zero-order valence-electron chi connectivity index (χ0n) is 29.8. The summed E-state index contributed by atoms with van der Waals surface area (Å²) in [7, 11) is 0. The second-order valence-electron chi connectivity index (χ2n) is 14.5. The minimum absolute atomic E-state index is 1.16. The summed E-state index contributed by atoms with van der Waals surface area (Å²) in [6.07, 6.45) is 0. The fourth-order valence-electron chi connectivity index (χ4n) is 9.17. The molecule has 3 heteroatoms. The molecule has 0 fully saturated rings. The fraction of sp³-hybridized carbons (Fsp3) is 0. The van der Waals surface area contributed by atoms with Gasteiger partial charge in [0.25, 0.3) is 0 Å². The van der Waals surface area contributed by atoms with Crippen LogP contribution in [0.1, 0.15) is 0 Å². The zero-order chi connectivity index (χ0) is 36.0. The standard InChI is InChI=1S/C52H32N2S/c1-3-14-33(15-4-1)34-16-11-19-37(30-34)54-45-29-28-35(38-22-13-26-46-50(38)41-21-7-9-25-44(41)53(46)36-17-5-2-6-18-36)31-43(45)51-42-24-12-23-40-39-20-8-10-27-48(39)55-49(52(40)42)32-47(51)54/h1-32H. The van der Waals surface area contributed by atoms with Crippen molar-refractivity contribution in [1.82, 2.24) is 9.13 Å². The van der Waals surface area contributed by atoms with Crippen LogP contribution in [0.2, 0.25) is 0 Å². The fourth-order valence-corrected chi connectivity index (χ4v) is 10.3. The van der Waals surface area contributed by atoms with Gasteiger partial charge in [0, 0.05) is 48.1 Å². The van der Waals surface area contributed by atoms with Gasteiger partial charge in [-0.25, -0.2) is 0 Å². The molecule has 0 aliphatic carbocycles. The summed E-state index contributed by atoms with van der Waals surface area (Å²) >= 11 is 1.89. The summed E-state index contributed by atoms with van der Waals surface area (Å²) in [5.41, 5.74) is 14.7. The van der Waals surface area contributed by atoms with E-state index in [1.54, 1.807) is 0 Å². The molecule has 0 bridgehead atoms. The van der Waals surface area contributed by atoms with Crippen LogP contribution in [0.25, 0.3) is 99.1 Å². The van der Waals surface area contributed by atoms with Crippen LogP contribution in [0.4, 0.5) is 0 Å². The first-order valence-corrected chi connectivity index (χ1v) is 19.7. The van der Waals surface area contributed by atoms with Gasteiger partial charge in [-0.2, -0.15) is 0 Å². The molecule has 0 atom stereocenters. The molecule has 0 unspecified atom stereocenters. The lowest BCUT2D eigenvalue weighted by atomic mass is 9.94. The van der Waals surface area contributed by atoms with Crippen molar-refractivity contribution in [3.8, 4) is 44.8 Å². The second-order valence-corrected chi connectivity index (χ2v) is 15.6. The summed E-state index contributed by atoms with van der Waals surface area (Å²) in [6.45, 7) is 0. The number of aromatic nitrogens is 2. The molecule has 11 aromatic rings. The van der Waals surface area contributed by atoms with Gasteiger partial charge in [0.1, 0.15) is 0 Å². The van der Waals surface area contributed by atoms with Gasteiger partial charge in [-0.3, -0.25) is 0 Å². The number of benzene rings is 9. The molecule has 0 radical (unpaired) electrons. The molecule has 0 saturated heterocycles. The van der Waals surface area contributed by atoms with Gasteiger partial charge in [0.2, 0.25) is 0 Å². The van der Waals surface area contributed by atoms with E-state index in [0.717, 1.165) is 5.69 Å². The normalized spacial score (nSPS) is 12.3. The van der Waals surface area contributed by atoms with Gasteiger partial charge in [-0.05, 0) is 99.4 Å². The predicted molar refractivity (Wildman–Crippen MR) is 233 cm³/mol. The van der Waals surface area contributed by atoms with E-state index < -0.39 is 0 Å². The molecule has 256 valence electrons. The smallest absolute Gasteiger partial charge is 0.0558 e. The van der Waals surface area contributed by atoms with Crippen LogP contribution in [0.15, 0.2) is 204 Å². The number of fused-ring (bicyclic) bond motifs is 9. The highest BCUT2D eigenvalue weighted by Gasteiger charge is 2.25. The molecule has 9 aromatic carbocycles. The first-order chi connectivity index (χ1) is 27.3. The van der Waals surface area contributed by atoms with E-state index in [4.69, 9.17) is 0 Å². The number of nitrogens with zero attached hydrogens (tertiary/aromatic N) is 2. The van der Waals surface area contributed by atoms with Crippen molar-refractivity contribution in [2.45, 2.75) is 9.79 Å². The molecule has 0 spiro atoms.